The lowest BCUT2D eigenvalue weighted by Crippen LogP contribution is -2.14. The normalized spacial score (nSPS) is 10.4. The van der Waals surface area contributed by atoms with Crippen LogP contribution < -0.4 is 10.1 Å². The van der Waals surface area contributed by atoms with Gasteiger partial charge in [0.15, 0.2) is 0 Å². The van der Waals surface area contributed by atoms with Crippen LogP contribution in [0.5, 0.6) is 5.75 Å². The fourth-order valence-electron chi connectivity index (χ4n) is 2.18. The standard InChI is InChI=1S/C17H15N3O2/c1-2-22-13-9-7-12(8-10-13)20-17(21)16-14-5-3-4-6-15(14)18-11-19-16/h3-11H,2H2,1H3,(H,20,21). The van der Waals surface area contributed by atoms with Gasteiger partial charge in [-0.25, -0.2) is 9.97 Å². The first-order chi connectivity index (χ1) is 10.8. The lowest BCUT2D eigenvalue weighted by molar-refractivity contribution is 0.102. The number of carbonyl (C=O) groups excluding carboxylic acids is 1. The highest BCUT2D eigenvalue weighted by Gasteiger charge is 2.12. The first kappa shape index (κ1) is 14.0. The van der Waals surface area contributed by atoms with Crippen LogP contribution >= 0.6 is 0 Å². The molecule has 0 bridgehead atoms. The fraction of sp³-hybridized carbons (Fsp3) is 0.118. The van der Waals surface area contributed by atoms with Gasteiger partial charge in [0.05, 0.1) is 12.1 Å². The predicted octanol–water partition coefficient (Wildman–Crippen LogP) is 3.28. The molecule has 0 spiro atoms. The van der Waals surface area contributed by atoms with Crippen molar-refractivity contribution in [1.82, 2.24) is 9.97 Å². The van der Waals surface area contributed by atoms with Crippen LogP contribution in [0.25, 0.3) is 10.9 Å². The maximum absolute atomic E-state index is 12.4. The minimum absolute atomic E-state index is 0.261. The van der Waals surface area contributed by atoms with Gasteiger partial charge in [0.25, 0.3) is 5.91 Å². The van der Waals surface area contributed by atoms with Crippen LogP contribution in [0.2, 0.25) is 0 Å². The molecule has 0 fully saturated rings. The van der Waals surface area contributed by atoms with Crippen LogP contribution in [-0.2, 0) is 0 Å². The molecule has 1 N–H and O–H groups in total. The van der Waals surface area contributed by atoms with Crippen LogP contribution in [0.3, 0.4) is 0 Å². The lowest BCUT2D eigenvalue weighted by Gasteiger charge is -2.08. The van der Waals surface area contributed by atoms with Crippen molar-refractivity contribution in [3.8, 4) is 5.75 Å². The number of carbonyl (C=O) groups is 1. The van der Waals surface area contributed by atoms with Crippen molar-refractivity contribution in [2.45, 2.75) is 6.92 Å². The van der Waals surface area contributed by atoms with E-state index in [-0.39, 0.29) is 5.91 Å². The van der Waals surface area contributed by atoms with Gasteiger partial charge in [-0.1, -0.05) is 18.2 Å². The molecule has 1 aromatic heterocycles. The number of ether oxygens (including phenoxy) is 1. The minimum atomic E-state index is -0.261. The summed E-state index contributed by atoms with van der Waals surface area (Å²) in [6, 6.07) is 14.7. The number of benzene rings is 2. The van der Waals surface area contributed by atoms with E-state index in [9.17, 15) is 4.79 Å². The monoisotopic (exact) mass is 293 g/mol. The molecule has 1 heterocycles. The maximum atomic E-state index is 12.4. The molecule has 0 aliphatic carbocycles. The summed E-state index contributed by atoms with van der Waals surface area (Å²) >= 11 is 0. The largest absolute Gasteiger partial charge is 0.494 e. The van der Waals surface area contributed by atoms with Gasteiger partial charge in [-0.15, -0.1) is 0 Å². The van der Waals surface area contributed by atoms with Gasteiger partial charge in [0, 0.05) is 11.1 Å². The van der Waals surface area contributed by atoms with Crippen molar-refractivity contribution in [3.63, 3.8) is 0 Å². The highest BCUT2D eigenvalue weighted by molar-refractivity contribution is 6.10. The Balaban J connectivity index is 1.84. The molecule has 0 aliphatic rings. The van der Waals surface area contributed by atoms with E-state index in [1.165, 1.54) is 6.33 Å². The molecular formula is C17H15N3O2. The zero-order valence-electron chi connectivity index (χ0n) is 12.1. The summed E-state index contributed by atoms with van der Waals surface area (Å²) in [6.45, 7) is 2.54. The quantitative estimate of drug-likeness (QED) is 0.801. The van der Waals surface area contributed by atoms with Gasteiger partial charge in [-0.05, 0) is 37.3 Å². The summed E-state index contributed by atoms with van der Waals surface area (Å²) in [4.78, 5) is 20.7. The van der Waals surface area contributed by atoms with Crippen LogP contribution in [0.15, 0.2) is 54.9 Å². The van der Waals surface area contributed by atoms with Crippen LogP contribution in [0.4, 0.5) is 5.69 Å². The molecule has 0 saturated carbocycles. The highest BCUT2D eigenvalue weighted by Crippen LogP contribution is 2.18. The van der Waals surface area contributed by atoms with Crippen molar-refractivity contribution in [1.29, 1.82) is 0 Å². The van der Waals surface area contributed by atoms with E-state index >= 15 is 0 Å². The molecule has 5 nitrogen and oxygen atoms in total. The van der Waals surface area contributed by atoms with Gasteiger partial charge in [0.1, 0.15) is 17.8 Å². The minimum Gasteiger partial charge on any atom is -0.494 e. The van der Waals surface area contributed by atoms with E-state index in [1.54, 1.807) is 12.1 Å². The average Bonchev–Trinajstić information content (AvgIpc) is 2.56. The fourth-order valence-corrected chi connectivity index (χ4v) is 2.18. The first-order valence-electron chi connectivity index (χ1n) is 7.02. The molecule has 0 saturated heterocycles. The maximum Gasteiger partial charge on any atom is 0.275 e. The summed E-state index contributed by atoms with van der Waals surface area (Å²) in [6.07, 6.45) is 1.40. The molecule has 0 unspecified atom stereocenters. The van der Waals surface area contributed by atoms with Gasteiger partial charge in [0.2, 0.25) is 0 Å². The van der Waals surface area contributed by atoms with Gasteiger partial charge in [-0.2, -0.15) is 0 Å². The number of nitrogens with zero attached hydrogens (tertiary/aromatic N) is 2. The summed E-state index contributed by atoms with van der Waals surface area (Å²) in [5.74, 6) is 0.510. The van der Waals surface area contributed by atoms with Crippen LogP contribution in [0.1, 0.15) is 17.4 Å². The number of anilines is 1. The average molecular weight is 293 g/mol. The second-order valence-corrected chi connectivity index (χ2v) is 4.65. The Labute approximate surface area is 128 Å². The second-order valence-electron chi connectivity index (χ2n) is 4.65. The number of fused-ring (bicyclic) bond motifs is 1. The summed E-state index contributed by atoms with van der Waals surface area (Å²) < 4.78 is 5.37. The van der Waals surface area contributed by atoms with Gasteiger partial charge in [-0.3, -0.25) is 4.79 Å². The number of amides is 1. The van der Waals surface area contributed by atoms with E-state index in [2.05, 4.69) is 15.3 Å². The van der Waals surface area contributed by atoms with Crippen LogP contribution in [0, 0.1) is 0 Å². The predicted molar refractivity (Wildman–Crippen MR) is 85.1 cm³/mol. The Bertz CT molecular complexity index is 795. The van der Waals surface area contributed by atoms with Crippen molar-refractivity contribution in [3.05, 3.63) is 60.6 Å². The van der Waals surface area contributed by atoms with E-state index in [1.807, 2.05) is 43.3 Å². The molecule has 0 atom stereocenters. The van der Waals surface area contributed by atoms with Crippen molar-refractivity contribution >= 4 is 22.5 Å². The Morgan fingerprint density at radius 2 is 1.86 bits per heavy atom. The third kappa shape index (κ3) is 2.88. The van der Waals surface area contributed by atoms with E-state index < -0.39 is 0 Å². The molecule has 0 radical (unpaired) electrons. The Morgan fingerprint density at radius 3 is 2.64 bits per heavy atom. The number of hydrogen-bond donors (Lipinski definition) is 1. The Kier molecular flexibility index (Phi) is 3.96. The zero-order valence-corrected chi connectivity index (χ0v) is 12.1. The molecule has 110 valence electrons. The SMILES string of the molecule is CCOc1ccc(NC(=O)c2ncnc3ccccc23)cc1. The number of aromatic nitrogens is 2. The van der Waals surface area contributed by atoms with Gasteiger partial charge < -0.3 is 10.1 Å². The van der Waals surface area contributed by atoms with E-state index in [0.717, 1.165) is 16.7 Å². The van der Waals surface area contributed by atoms with Crippen molar-refractivity contribution < 1.29 is 9.53 Å². The molecule has 3 aromatic rings. The smallest absolute Gasteiger partial charge is 0.275 e. The zero-order chi connectivity index (χ0) is 15.4. The molecule has 5 heteroatoms. The third-order valence-corrected chi connectivity index (χ3v) is 3.18. The number of para-hydroxylation sites is 1. The van der Waals surface area contributed by atoms with E-state index in [4.69, 9.17) is 4.74 Å². The van der Waals surface area contributed by atoms with Crippen molar-refractivity contribution in [2.24, 2.45) is 0 Å². The van der Waals surface area contributed by atoms with Crippen molar-refractivity contribution in [2.75, 3.05) is 11.9 Å². The lowest BCUT2D eigenvalue weighted by atomic mass is 10.2. The molecule has 0 aliphatic heterocycles. The number of hydrogen-bond acceptors (Lipinski definition) is 4. The molecule has 3 rings (SSSR count). The number of nitrogens with one attached hydrogen (secondary N) is 1. The molecular weight excluding hydrogens is 278 g/mol. The topological polar surface area (TPSA) is 64.1 Å². The second kappa shape index (κ2) is 6.22. The first-order valence-corrected chi connectivity index (χ1v) is 7.02. The summed E-state index contributed by atoms with van der Waals surface area (Å²) in [5.41, 5.74) is 1.80. The highest BCUT2D eigenvalue weighted by atomic mass is 16.5. The Morgan fingerprint density at radius 1 is 1.09 bits per heavy atom. The molecule has 1 amide bonds. The molecule has 2 aromatic carbocycles. The van der Waals surface area contributed by atoms with Crippen LogP contribution in [-0.4, -0.2) is 22.5 Å². The Hall–Kier alpha value is -2.95. The molecule has 22 heavy (non-hydrogen) atoms. The number of rotatable bonds is 4. The van der Waals surface area contributed by atoms with E-state index in [0.29, 0.717) is 18.0 Å². The summed E-state index contributed by atoms with van der Waals surface area (Å²) in [5, 5.41) is 3.56. The summed E-state index contributed by atoms with van der Waals surface area (Å²) in [7, 11) is 0. The van der Waals surface area contributed by atoms with Gasteiger partial charge >= 0.3 is 0 Å². The third-order valence-electron chi connectivity index (χ3n) is 3.18.